The van der Waals surface area contributed by atoms with Gasteiger partial charge in [-0.3, -0.25) is 4.79 Å². The standard InChI is InChI=1S/C22H25Cl2NO4/c1-27-20-12-15(7-9-19(20)29-14-17-5-3-11-28-17)13-25-21(26)10-8-16-4-2-6-18(23)22(16)24/h2,4,6-7,9,12,17H,3,5,8,10-11,13-14H2,1H3,(H,25,26). The lowest BCUT2D eigenvalue weighted by molar-refractivity contribution is -0.121. The van der Waals surface area contributed by atoms with Crippen LogP contribution in [0.1, 0.15) is 30.4 Å². The second-order valence-corrected chi connectivity index (χ2v) is 7.71. The van der Waals surface area contributed by atoms with Crippen LogP contribution in [0.2, 0.25) is 10.0 Å². The van der Waals surface area contributed by atoms with E-state index in [1.165, 1.54) is 0 Å². The predicted octanol–water partition coefficient (Wildman–Crippen LogP) is 4.81. The molecule has 1 unspecified atom stereocenters. The molecule has 0 aliphatic carbocycles. The zero-order chi connectivity index (χ0) is 20.6. The van der Waals surface area contributed by atoms with Crippen molar-refractivity contribution in [3.63, 3.8) is 0 Å². The Morgan fingerprint density at radius 2 is 2.10 bits per heavy atom. The van der Waals surface area contributed by atoms with Gasteiger partial charge in [-0.1, -0.05) is 41.4 Å². The van der Waals surface area contributed by atoms with Crippen molar-refractivity contribution in [2.24, 2.45) is 0 Å². The second-order valence-electron chi connectivity index (χ2n) is 6.92. The van der Waals surface area contributed by atoms with E-state index < -0.39 is 0 Å². The van der Waals surface area contributed by atoms with Crippen molar-refractivity contribution in [1.29, 1.82) is 0 Å². The number of aryl methyl sites for hydroxylation is 1. The first-order valence-corrected chi connectivity index (χ1v) is 10.4. The zero-order valence-corrected chi connectivity index (χ0v) is 17.9. The van der Waals surface area contributed by atoms with Gasteiger partial charge in [0.2, 0.25) is 5.91 Å². The van der Waals surface area contributed by atoms with E-state index in [2.05, 4.69) is 5.32 Å². The molecule has 0 bridgehead atoms. The van der Waals surface area contributed by atoms with Crippen LogP contribution < -0.4 is 14.8 Å². The molecule has 0 radical (unpaired) electrons. The van der Waals surface area contributed by atoms with Crippen molar-refractivity contribution in [2.45, 2.75) is 38.3 Å². The van der Waals surface area contributed by atoms with Gasteiger partial charge >= 0.3 is 0 Å². The summed E-state index contributed by atoms with van der Waals surface area (Å²) in [6, 6.07) is 11.1. The number of carbonyl (C=O) groups excluding carboxylic acids is 1. The predicted molar refractivity (Wildman–Crippen MR) is 114 cm³/mol. The molecule has 5 nitrogen and oxygen atoms in total. The Kier molecular flexibility index (Phi) is 8.04. The highest BCUT2D eigenvalue weighted by Crippen LogP contribution is 2.29. The molecule has 1 aliphatic heterocycles. The van der Waals surface area contributed by atoms with Crippen molar-refractivity contribution in [3.05, 3.63) is 57.6 Å². The molecule has 2 aromatic carbocycles. The van der Waals surface area contributed by atoms with Gasteiger partial charge in [0.15, 0.2) is 11.5 Å². The normalized spacial score (nSPS) is 15.9. The lowest BCUT2D eigenvalue weighted by atomic mass is 10.1. The Balaban J connectivity index is 1.49. The first-order chi connectivity index (χ1) is 14.1. The molecule has 29 heavy (non-hydrogen) atoms. The number of hydrogen-bond donors (Lipinski definition) is 1. The molecule has 156 valence electrons. The first-order valence-electron chi connectivity index (χ1n) is 9.67. The molecule has 0 aromatic heterocycles. The molecule has 1 amide bonds. The lowest BCUT2D eigenvalue weighted by Gasteiger charge is -2.15. The highest BCUT2D eigenvalue weighted by Gasteiger charge is 2.17. The maximum Gasteiger partial charge on any atom is 0.220 e. The fraction of sp³-hybridized carbons (Fsp3) is 0.409. The smallest absolute Gasteiger partial charge is 0.220 e. The lowest BCUT2D eigenvalue weighted by Crippen LogP contribution is -2.23. The monoisotopic (exact) mass is 437 g/mol. The van der Waals surface area contributed by atoms with Crippen LogP contribution in [-0.4, -0.2) is 32.3 Å². The summed E-state index contributed by atoms with van der Waals surface area (Å²) in [6.07, 6.45) is 3.11. The third-order valence-electron chi connectivity index (χ3n) is 4.82. The molecule has 0 spiro atoms. The minimum absolute atomic E-state index is 0.0567. The molecule has 1 atom stereocenters. The van der Waals surface area contributed by atoms with Gasteiger partial charge in [-0.25, -0.2) is 0 Å². The van der Waals surface area contributed by atoms with Gasteiger partial charge in [0.25, 0.3) is 0 Å². The molecule has 3 rings (SSSR count). The Labute approximate surface area is 181 Å². The van der Waals surface area contributed by atoms with Gasteiger partial charge in [0, 0.05) is 19.6 Å². The van der Waals surface area contributed by atoms with Crippen LogP contribution in [-0.2, 0) is 22.5 Å². The van der Waals surface area contributed by atoms with Gasteiger partial charge in [0.05, 0.1) is 23.3 Å². The summed E-state index contributed by atoms with van der Waals surface area (Å²) in [5.74, 6) is 1.26. The number of amides is 1. The molecule has 7 heteroatoms. The summed E-state index contributed by atoms with van der Waals surface area (Å²) < 4.78 is 16.8. The van der Waals surface area contributed by atoms with Crippen molar-refractivity contribution in [1.82, 2.24) is 5.32 Å². The maximum absolute atomic E-state index is 12.2. The molecule has 1 saturated heterocycles. The van der Waals surface area contributed by atoms with Crippen molar-refractivity contribution in [3.8, 4) is 11.5 Å². The number of benzene rings is 2. The number of methoxy groups -OCH3 is 1. The Bertz CT molecular complexity index is 838. The van der Waals surface area contributed by atoms with Crippen molar-refractivity contribution in [2.75, 3.05) is 20.3 Å². The van der Waals surface area contributed by atoms with E-state index in [0.29, 0.717) is 47.5 Å². The Morgan fingerprint density at radius 1 is 1.24 bits per heavy atom. The van der Waals surface area contributed by atoms with Crippen LogP contribution in [0.5, 0.6) is 11.5 Å². The van der Waals surface area contributed by atoms with E-state index in [-0.39, 0.29) is 12.0 Å². The van der Waals surface area contributed by atoms with Crippen LogP contribution in [0.15, 0.2) is 36.4 Å². The number of rotatable bonds is 9. The number of nitrogens with one attached hydrogen (secondary N) is 1. The summed E-state index contributed by atoms with van der Waals surface area (Å²) in [5, 5.41) is 3.92. The van der Waals surface area contributed by atoms with E-state index in [1.807, 2.05) is 30.3 Å². The van der Waals surface area contributed by atoms with E-state index in [4.69, 9.17) is 37.4 Å². The zero-order valence-electron chi connectivity index (χ0n) is 16.4. The molecular formula is C22H25Cl2NO4. The molecular weight excluding hydrogens is 413 g/mol. The van der Waals surface area contributed by atoms with Gasteiger partial charge < -0.3 is 19.5 Å². The summed E-state index contributed by atoms with van der Waals surface area (Å²) in [7, 11) is 1.60. The minimum atomic E-state index is -0.0567. The number of ether oxygens (including phenoxy) is 3. The summed E-state index contributed by atoms with van der Waals surface area (Å²) in [4.78, 5) is 12.2. The Hall–Kier alpha value is -1.95. The maximum atomic E-state index is 12.2. The third kappa shape index (κ3) is 6.26. The molecule has 1 N–H and O–H groups in total. The van der Waals surface area contributed by atoms with Gasteiger partial charge in [0.1, 0.15) is 6.61 Å². The summed E-state index contributed by atoms with van der Waals surface area (Å²) in [6.45, 7) is 1.72. The minimum Gasteiger partial charge on any atom is -0.493 e. The summed E-state index contributed by atoms with van der Waals surface area (Å²) in [5.41, 5.74) is 1.80. The van der Waals surface area contributed by atoms with Gasteiger partial charge in [-0.2, -0.15) is 0 Å². The average Bonchev–Trinajstić information content (AvgIpc) is 3.25. The highest BCUT2D eigenvalue weighted by molar-refractivity contribution is 6.42. The van der Waals surface area contributed by atoms with Gasteiger partial charge in [-0.15, -0.1) is 0 Å². The second kappa shape index (κ2) is 10.7. The molecule has 2 aromatic rings. The van der Waals surface area contributed by atoms with Crippen LogP contribution in [0.25, 0.3) is 0 Å². The van der Waals surface area contributed by atoms with Crippen LogP contribution in [0, 0.1) is 0 Å². The highest BCUT2D eigenvalue weighted by atomic mass is 35.5. The van der Waals surface area contributed by atoms with E-state index >= 15 is 0 Å². The van der Waals surface area contributed by atoms with Crippen LogP contribution in [0.3, 0.4) is 0 Å². The molecule has 1 fully saturated rings. The van der Waals surface area contributed by atoms with Crippen LogP contribution >= 0.6 is 23.2 Å². The van der Waals surface area contributed by atoms with Crippen molar-refractivity contribution >= 4 is 29.1 Å². The Morgan fingerprint density at radius 3 is 2.86 bits per heavy atom. The van der Waals surface area contributed by atoms with Gasteiger partial charge in [-0.05, 0) is 48.6 Å². The number of carbonyl (C=O) groups is 1. The van der Waals surface area contributed by atoms with E-state index in [9.17, 15) is 4.79 Å². The molecule has 1 heterocycles. The quantitative estimate of drug-likeness (QED) is 0.611. The largest absolute Gasteiger partial charge is 0.493 e. The molecule has 0 saturated carbocycles. The third-order valence-corrected chi connectivity index (χ3v) is 5.68. The van der Waals surface area contributed by atoms with E-state index in [0.717, 1.165) is 30.6 Å². The fourth-order valence-electron chi connectivity index (χ4n) is 3.18. The van der Waals surface area contributed by atoms with Crippen LogP contribution in [0.4, 0.5) is 0 Å². The number of halogens is 2. The van der Waals surface area contributed by atoms with E-state index in [1.54, 1.807) is 13.2 Å². The SMILES string of the molecule is COc1cc(CNC(=O)CCc2cccc(Cl)c2Cl)ccc1OCC1CCCO1. The van der Waals surface area contributed by atoms with Crippen molar-refractivity contribution < 1.29 is 19.0 Å². The molecule has 1 aliphatic rings. The summed E-state index contributed by atoms with van der Waals surface area (Å²) >= 11 is 12.2. The number of hydrogen-bond acceptors (Lipinski definition) is 4. The fourth-order valence-corrected chi connectivity index (χ4v) is 3.59. The topological polar surface area (TPSA) is 56.8 Å². The first kappa shape index (κ1) is 21.8. The average molecular weight is 438 g/mol.